The summed E-state index contributed by atoms with van der Waals surface area (Å²) in [5.41, 5.74) is -0.412. The van der Waals surface area contributed by atoms with Gasteiger partial charge in [0.1, 0.15) is 0 Å². The largest absolute Gasteiger partial charge is 0.338 e. The number of hydrogen-bond acceptors (Lipinski definition) is 5. The number of likely N-dealkylation sites (tertiary alicyclic amines) is 1. The van der Waals surface area contributed by atoms with Crippen molar-refractivity contribution in [3.8, 4) is 0 Å². The number of nitrogens with zero attached hydrogens (tertiary/aromatic N) is 3. The molecule has 1 amide bonds. The van der Waals surface area contributed by atoms with E-state index in [1.165, 1.54) is 28.6 Å². The molecule has 2 aliphatic heterocycles. The quantitative estimate of drug-likeness (QED) is 0.532. The minimum Gasteiger partial charge on any atom is -0.338 e. The van der Waals surface area contributed by atoms with Crippen molar-refractivity contribution in [3.05, 3.63) is 34.4 Å². The van der Waals surface area contributed by atoms with Crippen molar-refractivity contribution in [2.75, 3.05) is 39.3 Å². The Labute approximate surface area is 158 Å². The highest BCUT2D eigenvalue weighted by atomic mass is 32.2. The van der Waals surface area contributed by atoms with Crippen molar-refractivity contribution < 1.29 is 23.0 Å². The molecule has 1 aromatic carbocycles. The van der Waals surface area contributed by atoms with Gasteiger partial charge >= 0.3 is 0 Å². The zero-order valence-corrected chi connectivity index (χ0v) is 16.2. The Morgan fingerprint density at radius 1 is 1.15 bits per heavy atom. The van der Waals surface area contributed by atoms with E-state index in [4.69, 9.17) is 0 Å². The van der Waals surface area contributed by atoms with Crippen LogP contribution in [0, 0.1) is 10.1 Å². The van der Waals surface area contributed by atoms with E-state index < -0.39 is 20.6 Å². The Morgan fingerprint density at radius 3 is 2.33 bits per heavy atom. The monoisotopic (exact) mass is 397 g/mol. The average molecular weight is 397 g/mol. The van der Waals surface area contributed by atoms with Gasteiger partial charge in [-0.25, -0.2) is 8.42 Å². The molecule has 2 fully saturated rings. The number of nitro benzene ring substituents is 1. The first-order valence-corrected chi connectivity index (χ1v) is 10.6. The van der Waals surface area contributed by atoms with Gasteiger partial charge in [0.15, 0.2) is 10.9 Å². The minimum atomic E-state index is -3.94. The highest BCUT2D eigenvalue weighted by Gasteiger charge is 2.38. The Hall–Kier alpha value is -2.04. The highest BCUT2D eigenvalue weighted by molar-refractivity contribution is 7.89. The fourth-order valence-corrected chi connectivity index (χ4v) is 5.40. The van der Waals surface area contributed by atoms with Crippen LogP contribution in [0.4, 0.5) is 5.69 Å². The van der Waals surface area contributed by atoms with E-state index in [1.54, 1.807) is 0 Å². The number of nitro groups is 1. The number of benzene rings is 1. The van der Waals surface area contributed by atoms with Gasteiger partial charge in [-0.2, -0.15) is 4.31 Å². The van der Waals surface area contributed by atoms with Gasteiger partial charge < -0.3 is 9.80 Å². The highest BCUT2D eigenvalue weighted by Crippen LogP contribution is 2.26. The zero-order valence-electron chi connectivity index (χ0n) is 15.3. The van der Waals surface area contributed by atoms with Gasteiger partial charge in [0, 0.05) is 19.2 Å². The van der Waals surface area contributed by atoms with Crippen molar-refractivity contribution in [3.63, 3.8) is 0 Å². The average Bonchev–Trinajstić information content (AvgIpc) is 3.21. The predicted molar refractivity (Wildman–Crippen MR) is 97.8 cm³/mol. The molecule has 1 N–H and O–H groups in total. The molecule has 0 aliphatic carbocycles. The van der Waals surface area contributed by atoms with Crippen LogP contribution >= 0.6 is 0 Å². The first-order chi connectivity index (χ1) is 12.8. The maximum atomic E-state index is 12.9. The molecule has 2 heterocycles. The van der Waals surface area contributed by atoms with Crippen LogP contribution in [-0.4, -0.2) is 73.8 Å². The van der Waals surface area contributed by atoms with Crippen LogP contribution in [0.2, 0.25) is 0 Å². The second-order valence-corrected chi connectivity index (χ2v) is 8.95. The molecule has 2 aliphatic rings. The molecular formula is C17H25N4O5S+. The molecule has 3 rings (SSSR count). The van der Waals surface area contributed by atoms with Crippen LogP contribution in [0.15, 0.2) is 29.2 Å². The zero-order chi connectivity index (χ0) is 19.6. The lowest BCUT2D eigenvalue weighted by Crippen LogP contribution is -3.19. The van der Waals surface area contributed by atoms with E-state index in [1.807, 2.05) is 11.8 Å². The van der Waals surface area contributed by atoms with Crippen LogP contribution in [0.1, 0.15) is 19.8 Å². The topological polar surface area (TPSA) is 105 Å². The number of hydrogen-bond donors (Lipinski definition) is 1. The Kier molecular flexibility index (Phi) is 5.78. The van der Waals surface area contributed by atoms with E-state index in [9.17, 15) is 23.3 Å². The molecule has 10 heteroatoms. The number of piperazine rings is 1. The second-order valence-electron chi connectivity index (χ2n) is 7.04. The summed E-state index contributed by atoms with van der Waals surface area (Å²) in [6.45, 7) is 4.97. The first kappa shape index (κ1) is 19.7. The van der Waals surface area contributed by atoms with Crippen LogP contribution in [-0.2, 0) is 14.8 Å². The molecule has 0 unspecified atom stereocenters. The number of quaternary nitrogens is 1. The molecule has 2 saturated heterocycles. The van der Waals surface area contributed by atoms with Crippen molar-refractivity contribution >= 4 is 21.6 Å². The number of para-hydroxylation sites is 1. The van der Waals surface area contributed by atoms with Gasteiger partial charge in [-0.15, -0.1) is 0 Å². The predicted octanol–water partition coefficient (Wildman–Crippen LogP) is -0.505. The normalized spacial score (nSPS) is 20.6. The fraction of sp³-hybridized carbons (Fsp3) is 0.588. The van der Waals surface area contributed by atoms with Crippen molar-refractivity contribution in [1.29, 1.82) is 0 Å². The SMILES string of the molecule is C[C@H](C(=O)N1CCCC1)[NH+]1CCN(S(=O)(=O)c2ccccc2[N+](=O)[O-])CC1. The molecule has 0 saturated carbocycles. The van der Waals surface area contributed by atoms with E-state index in [0.29, 0.717) is 13.1 Å². The summed E-state index contributed by atoms with van der Waals surface area (Å²) in [5.74, 6) is 0.123. The molecule has 1 aromatic rings. The molecule has 0 aromatic heterocycles. The molecule has 148 valence electrons. The summed E-state index contributed by atoms with van der Waals surface area (Å²) in [5, 5.41) is 11.2. The third-order valence-electron chi connectivity index (χ3n) is 5.44. The molecule has 0 bridgehead atoms. The molecule has 9 nitrogen and oxygen atoms in total. The summed E-state index contributed by atoms with van der Waals surface area (Å²) >= 11 is 0. The number of amides is 1. The van der Waals surface area contributed by atoms with Gasteiger partial charge in [-0.1, -0.05) is 12.1 Å². The molecule has 0 spiro atoms. The standard InChI is InChI=1S/C17H24N4O5S/c1-14(17(22)19-8-4-5-9-19)18-10-12-20(13-11-18)27(25,26)16-7-3-2-6-15(16)21(23)24/h2-3,6-7,14H,4-5,8-13H2,1H3/p+1/t14-/m1/s1. The Balaban J connectivity index is 1.68. The molecule has 0 radical (unpaired) electrons. The summed E-state index contributed by atoms with van der Waals surface area (Å²) < 4.78 is 27.0. The van der Waals surface area contributed by atoms with Gasteiger partial charge in [0.2, 0.25) is 10.0 Å². The second kappa shape index (κ2) is 7.91. The van der Waals surface area contributed by atoms with Gasteiger partial charge in [-0.05, 0) is 25.8 Å². The maximum Gasteiger partial charge on any atom is 0.289 e. The molecular weight excluding hydrogens is 372 g/mol. The number of nitrogens with one attached hydrogen (secondary N) is 1. The minimum absolute atomic E-state index is 0.123. The smallest absolute Gasteiger partial charge is 0.289 e. The van der Waals surface area contributed by atoms with E-state index in [0.717, 1.165) is 30.8 Å². The summed E-state index contributed by atoms with van der Waals surface area (Å²) in [7, 11) is -3.94. The van der Waals surface area contributed by atoms with Gasteiger partial charge in [-0.3, -0.25) is 14.9 Å². The number of carbonyl (C=O) groups excluding carboxylic acids is 1. The summed E-state index contributed by atoms with van der Waals surface area (Å²) in [6.07, 6.45) is 2.07. The first-order valence-electron chi connectivity index (χ1n) is 9.19. The maximum absolute atomic E-state index is 12.9. The number of sulfonamides is 1. The lowest BCUT2D eigenvalue weighted by molar-refractivity contribution is -0.918. The van der Waals surface area contributed by atoms with Gasteiger partial charge in [0.25, 0.3) is 11.6 Å². The summed E-state index contributed by atoms with van der Waals surface area (Å²) in [6, 6.07) is 5.19. The van der Waals surface area contributed by atoms with Crippen LogP contribution < -0.4 is 4.90 Å². The molecule has 27 heavy (non-hydrogen) atoms. The lowest BCUT2D eigenvalue weighted by atomic mass is 10.2. The summed E-state index contributed by atoms with van der Waals surface area (Å²) in [4.78, 5) is 25.7. The van der Waals surface area contributed by atoms with E-state index >= 15 is 0 Å². The third kappa shape index (κ3) is 3.97. The van der Waals surface area contributed by atoms with Crippen molar-refractivity contribution in [2.45, 2.75) is 30.7 Å². The van der Waals surface area contributed by atoms with Crippen LogP contribution in [0.25, 0.3) is 0 Å². The van der Waals surface area contributed by atoms with Crippen LogP contribution in [0.5, 0.6) is 0 Å². The van der Waals surface area contributed by atoms with E-state index in [2.05, 4.69) is 0 Å². The van der Waals surface area contributed by atoms with Crippen molar-refractivity contribution in [2.24, 2.45) is 0 Å². The number of rotatable bonds is 5. The Bertz CT molecular complexity index is 814. The third-order valence-corrected chi connectivity index (χ3v) is 7.39. The lowest BCUT2D eigenvalue weighted by Gasteiger charge is -2.35. The fourth-order valence-electron chi connectivity index (χ4n) is 3.80. The van der Waals surface area contributed by atoms with Crippen molar-refractivity contribution in [1.82, 2.24) is 9.21 Å². The van der Waals surface area contributed by atoms with Gasteiger partial charge in [0.05, 0.1) is 31.1 Å². The van der Waals surface area contributed by atoms with E-state index in [-0.39, 0.29) is 29.9 Å². The van der Waals surface area contributed by atoms with Crippen LogP contribution in [0.3, 0.4) is 0 Å². The molecule has 1 atom stereocenters. The Morgan fingerprint density at radius 2 is 1.74 bits per heavy atom. The number of carbonyl (C=O) groups is 1.